The van der Waals surface area contributed by atoms with Gasteiger partial charge in [0.1, 0.15) is 23.7 Å². The highest BCUT2D eigenvalue weighted by atomic mass is 19.1. The molecule has 1 fully saturated rings. The number of imidazole rings is 1. The third-order valence-corrected chi connectivity index (χ3v) is 4.18. The standard InChI is InChI=1S/C14H22FN5O4/c1-4-23-11-8-10(18-13(16)19-11)20(6-17-8)12-14(2,15)9(21)7(24-12)5-22-3/h6-7,9,11-12,21H,4-5H2,1-3H3,(H3,16,18,19)/t7-,9-,11?,12-,14-/m1/s1. The van der Waals surface area contributed by atoms with Crippen molar-refractivity contribution in [3.63, 3.8) is 0 Å². The van der Waals surface area contributed by atoms with Crippen LogP contribution in [-0.4, -0.2) is 58.8 Å². The number of aliphatic hydroxyl groups excluding tert-OH is 1. The number of hydrogen-bond donors (Lipinski definition) is 3. The predicted octanol–water partition coefficient (Wildman–Crippen LogP) is 0.291. The van der Waals surface area contributed by atoms with E-state index in [0.717, 1.165) is 0 Å². The van der Waals surface area contributed by atoms with Gasteiger partial charge in [-0.3, -0.25) is 4.57 Å². The molecule has 3 heterocycles. The number of guanidine groups is 1. The summed E-state index contributed by atoms with van der Waals surface area (Å²) in [7, 11) is 1.46. The van der Waals surface area contributed by atoms with Crippen molar-refractivity contribution < 1.29 is 23.7 Å². The Balaban J connectivity index is 1.95. The molecule has 1 aromatic heterocycles. The van der Waals surface area contributed by atoms with Crippen LogP contribution in [0.5, 0.6) is 0 Å². The van der Waals surface area contributed by atoms with Gasteiger partial charge in [0.05, 0.1) is 12.9 Å². The van der Waals surface area contributed by atoms with Gasteiger partial charge in [0.2, 0.25) is 0 Å². The zero-order valence-corrected chi connectivity index (χ0v) is 13.8. The molecule has 0 spiro atoms. The molecule has 3 rings (SSSR count). The molecule has 4 N–H and O–H groups in total. The van der Waals surface area contributed by atoms with Crippen molar-refractivity contribution in [1.29, 1.82) is 0 Å². The molecule has 0 saturated carbocycles. The maximum atomic E-state index is 15.1. The number of fused-ring (bicyclic) bond motifs is 1. The number of nitrogens with zero attached hydrogens (tertiary/aromatic N) is 3. The Morgan fingerprint density at radius 2 is 2.33 bits per heavy atom. The van der Waals surface area contributed by atoms with Crippen LogP contribution in [0.25, 0.3) is 0 Å². The number of nitrogens with one attached hydrogen (secondary N) is 1. The summed E-state index contributed by atoms with van der Waals surface area (Å²) in [6.07, 6.45) is -2.46. The minimum Gasteiger partial charge on any atom is -0.387 e. The molecule has 9 nitrogen and oxygen atoms in total. The highest BCUT2D eigenvalue weighted by molar-refractivity contribution is 5.93. The molecule has 5 atom stereocenters. The summed E-state index contributed by atoms with van der Waals surface area (Å²) < 4.78 is 32.7. The molecule has 1 unspecified atom stereocenters. The molecule has 0 bridgehead atoms. The maximum Gasteiger partial charge on any atom is 0.198 e. The van der Waals surface area contributed by atoms with Gasteiger partial charge >= 0.3 is 0 Å². The van der Waals surface area contributed by atoms with Crippen LogP contribution in [-0.2, 0) is 14.2 Å². The van der Waals surface area contributed by atoms with Gasteiger partial charge in [0.15, 0.2) is 24.1 Å². The van der Waals surface area contributed by atoms with E-state index < -0.39 is 30.3 Å². The molecule has 134 valence electrons. The van der Waals surface area contributed by atoms with Gasteiger partial charge in [-0.15, -0.1) is 0 Å². The van der Waals surface area contributed by atoms with Crippen molar-refractivity contribution in [3.05, 3.63) is 12.0 Å². The first kappa shape index (κ1) is 17.1. The van der Waals surface area contributed by atoms with Gasteiger partial charge in [-0.1, -0.05) is 0 Å². The number of methoxy groups -OCH3 is 1. The molecule has 0 aliphatic carbocycles. The molecular formula is C14H22FN5O4. The topological polar surface area (TPSA) is 116 Å². The lowest BCUT2D eigenvalue weighted by Gasteiger charge is -2.27. The summed E-state index contributed by atoms with van der Waals surface area (Å²) in [5, 5.41) is 13.1. The number of alkyl halides is 1. The van der Waals surface area contributed by atoms with Crippen LogP contribution in [0.2, 0.25) is 0 Å². The fourth-order valence-corrected chi connectivity index (χ4v) is 2.99. The predicted molar refractivity (Wildman–Crippen MR) is 83.1 cm³/mol. The first-order chi connectivity index (χ1) is 11.4. The third kappa shape index (κ3) is 2.65. The summed E-state index contributed by atoms with van der Waals surface area (Å²) in [5.74, 6) is 0.565. The molecular weight excluding hydrogens is 321 g/mol. The van der Waals surface area contributed by atoms with Crippen molar-refractivity contribution in [1.82, 2.24) is 9.55 Å². The second-order valence-electron chi connectivity index (χ2n) is 5.91. The monoisotopic (exact) mass is 343 g/mol. The van der Waals surface area contributed by atoms with E-state index in [1.165, 1.54) is 24.9 Å². The van der Waals surface area contributed by atoms with Crippen LogP contribution >= 0.6 is 0 Å². The number of aliphatic imine (C=N–C) groups is 1. The largest absolute Gasteiger partial charge is 0.387 e. The van der Waals surface area contributed by atoms with E-state index in [1.807, 2.05) is 6.92 Å². The average Bonchev–Trinajstić information content (AvgIpc) is 3.02. The number of aliphatic hydroxyl groups is 1. The molecule has 1 saturated heterocycles. The quantitative estimate of drug-likeness (QED) is 0.703. The van der Waals surface area contributed by atoms with Crippen molar-refractivity contribution >= 4 is 11.8 Å². The molecule has 1 aromatic rings. The van der Waals surface area contributed by atoms with Crippen LogP contribution in [0.4, 0.5) is 10.2 Å². The fourth-order valence-electron chi connectivity index (χ4n) is 2.99. The Kier molecular flexibility index (Phi) is 4.47. The number of nitrogens with two attached hydrogens (primary N) is 1. The van der Waals surface area contributed by atoms with Crippen molar-refractivity contribution in [3.8, 4) is 0 Å². The summed E-state index contributed by atoms with van der Waals surface area (Å²) >= 11 is 0. The third-order valence-electron chi connectivity index (χ3n) is 4.18. The summed E-state index contributed by atoms with van der Waals surface area (Å²) in [5.41, 5.74) is 4.22. The molecule has 2 aliphatic rings. The second-order valence-corrected chi connectivity index (χ2v) is 5.91. The van der Waals surface area contributed by atoms with E-state index in [4.69, 9.17) is 19.9 Å². The number of halogens is 1. The van der Waals surface area contributed by atoms with Crippen molar-refractivity contribution in [2.75, 3.05) is 25.6 Å². The van der Waals surface area contributed by atoms with Crippen molar-refractivity contribution in [2.24, 2.45) is 10.7 Å². The Bertz CT molecular complexity index is 635. The fraction of sp³-hybridized carbons (Fsp3) is 0.714. The number of rotatable bonds is 5. The second kappa shape index (κ2) is 6.28. The van der Waals surface area contributed by atoms with Gasteiger partial charge in [-0.05, 0) is 13.8 Å². The Labute approximate surface area is 138 Å². The molecule has 24 heavy (non-hydrogen) atoms. The Morgan fingerprint density at radius 3 is 3.00 bits per heavy atom. The van der Waals surface area contributed by atoms with Gasteiger partial charge in [0.25, 0.3) is 0 Å². The minimum atomic E-state index is -2.04. The smallest absolute Gasteiger partial charge is 0.198 e. The SMILES string of the molecule is CCOC1N=C(N)Nc2c1ncn2[C@@H]1O[C@H](COC)[C@@H](O)[C@@]1(C)F. The summed E-state index contributed by atoms with van der Waals surface area (Å²) in [6, 6.07) is 0. The molecule has 2 aliphatic heterocycles. The zero-order valence-electron chi connectivity index (χ0n) is 13.8. The molecule has 0 aromatic carbocycles. The lowest BCUT2D eigenvalue weighted by Crippen LogP contribution is -2.41. The Hall–Kier alpha value is -1.75. The molecule has 0 amide bonds. The van der Waals surface area contributed by atoms with Crippen LogP contribution < -0.4 is 11.1 Å². The van der Waals surface area contributed by atoms with E-state index in [9.17, 15) is 5.11 Å². The summed E-state index contributed by atoms with van der Waals surface area (Å²) in [6.45, 7) is 3.61. The minimum absolute atomic E-state index is 0.0761. The number of anilines is 1. The van der Waals surface area contributed by atoms with Gasteiger partial charge in [-0.25, -0.2) is 14.4 Å². The highest BCUT2D eigenvalue weighted by Crippen LogP contribution is 2.44. The van der Waals surface area contributed by atoms with Crippen LogP contribution in [0.15, 0.2) is 11.3 Å². The number of aromatic nitrogens is 2. The first-order valence-electron chi connectivity index (χ1n) is 7.70. The van der Waals surface area contributed by atoms with E-state index in [2.05, 4.69) is 15.3 Å². The van der Waals surface area contributed by atoms with Crippen LogP contribution in [0.3, 0.4) is 0 Å². The lowest BCUT2D eigenvalue weighted by molar-refractivity contribution is -0.0629. The van der Waals surface area contributed by atoms with E-state index >= 15 is 4.39 Å². The van der Waals surface area contributed by atoms with E-state index in [0.29, 0.717) is 18.1 Å². The maximum absolute atomic E-state index is 15.1. The normalized spacial score (nSPS) is 35.5. The van der Waals surface area contributed by atoms with E-state index in [1.54, 1.807) is 0 Å². The van der Waals surface area contributed by atoms with Crippen LogP contribution in [0, 0.1) is 0 Å². The lowest BCUT2D eigenvalue weighted by atomic mass is 9.98. The van der Waals surface area contributed by atoms with Crippen LogP contribution in [0.1, 0.15) is 32.0 Å². The average molecular weight is 343 g/mol. The molecule has 0 radical (unpaired) electrons. The molecule has 10 heteroatoms. The van der Waals surface area contributed by atoms with Gasteiger partial charge < -0.3 is 30.4 Å². The van der Waals surface area contributed by atoms with Gasteiger partial charge in [-0.2, -0.15) is 0 Å². The van der Waals surface area contributed by atoms with Crippen molar-refractivity contribution in [2.45, 2.75) is 44.2 Å². The van der Waals surface area contributed by atoms with E-state index in [-0.39, 0.29) is 12.6 Å². The first-order valence-corrected chi connectivity index (χ1v) is 7.70. The van der Waals surface area contributed by atoms with Gasteiger partial charge in [0, 0.05) is 13.7 Å². The number of hydrogen-bond acceptors (Lipinski definition) is 8. The zero-order chi connectivity index (χ0) is 17.5. The number of ether oxygens (including phenoxy) is 3. The summed E-state index contributed by atoms with van der Waals surface area (Å²) in [4.78, 5) is 8.38. The Morgan fingerprint density at radius 1 is 1.58 bits per heavy atom. The highest BCUT2D eigenvalue weighted by Gasteiger charge is 2.55.